The number of carbonyl (C=O) groups excluding carboxylic acids is 1. The summed E-state index contributed by atoms with van der Waals surface area (Å²) < 4.78 is 7.35. The van der Waals surface area contributed by atoms with Gasteiger partial charge in [0.1, 0.15) is 11.3 Å². The predicted octanol–water partition coefficient (Wildman–Crippen LogP) is 3.05. The number of nitrogens with one attached hydrogen (secondary N) is 1. The Morgan fingerprint density at radius 1 is 1.26 bits per heavy atom. The lowest BCUT2D eigenvalue weighted by Crippen LogP contribution is -2.43. The number of aromatic nitrogens is 2. The summed E-state index contributed by atoms with van der Waals surface area (Å²) in [6.45, 7) is 6.58. The van der Waals surface area contributed by atoms with Gasteiger partial charge in [0.15, 0.2) is 0 Å². The van der Waals surface area contributed by atoms with Gasteiger partial charge in [-0.2, -0.15) is 0 Å². The molecule has 2 aromatic heterocycles. The Balaban J connectivity index is 1.44. The fourth-order valence-corrected chi connectivity index (χ4v) is 3.46. The normalized spacial score (nSPS) is 18.4. The Morgan fingerprint density at radius 2 is 2.07 bits per heavy atom. The maximum absolute atomic E-state index is 12.5. The van der Waals surface area contributed by atoms with Crippen molar-refractivity contribution < 1.29 is 9.53 Å². The number of rotatable bonds is 4. The number of nitrogens with zero attached hydrogens (tertiary/aromatic N) is 3. The molecule has 27 heavy (non-hydrogen) atoms. The van der Waals surface area contributed by atoms with Crippen LogP contribution in [0.25, 0.3) is 5.65 Å². The number of fused-ring (bicyclic) bond motifs is 1. The van der Waals surface area contributed by atoms with Gasteiger partial charge in [0.05, 0.1) is 19.3 Å². The second-order valence-corrected chi connectivity index (χ2v) is 7.00. The topological polar surface area (TPSA) is 58.9 Å². The van der Waals surface area contributed by atoms with Crippen LogP contribution < -0.4 is 10.2 Å². The Hall–Kier alpha value is -2.86. The molecule has 0 spiro atoms. The highest BCUT2D eigenvalue weighted by Gasteiger charge is 2.19. The Bertz CT molecular complexity index is 902. The van der Waals surface area contributed by atoms with E-state index in [1.165, 1.54) is 5.69 Å². The van der Waals surface area contributed by atoms with E-state index in [4.69, 9.17) is 4.74 Å². The number of amides is 1. The van der Waals surface area contributed by atoms with Crippen LogP contribution in [0.15, 0.2) is 54.9 Å². The van der Waals surface area contributed by atoms with Crippen LogP contribution in [0.1, 0.15) is 35.9 Å². The summed E-state index contributed by atoms with van der Waals surface area (Å²) in [5, 5.41) is 3.03. The van der Waals surface area contributed by atoms with Crippen molar-refractivity contribution in [3.05, 3.63) is 66.1 Å². The first kappa shape index (κ1) is 17.5. The van der Waals surface area contributed by atoms with Gasteiger partial charge in [0.2, 0.25) is 0 Å². The van der Waals surface area contributed by atoms with Crippen LogP contribution in [-0.4, -0.2) is 41.1 Å². The molecule has 140 valence electrons. The third kappa shape index (κ3) is 3.66. The molecule has 3 aromatic rings. The van der Waals surface area contributed by atoms with Crippen LogP contribution in [0.2, 0.25) is 0 Å². The summed E-state index contributed by atoms with van der Waals surface area (Å²) in [5.41, 5.74) is 3.44. The average molecular weight is 364 g/mol. The van der Waals surface area contributed by atoms with Gasteiger partial charge in [-0.15, -0.1) is 0 Å². The summed E-state index contributed by atoms with van der Waals surface area (Å²) in [6, 6.07) is 14.4. The zero-order valence-corrected chi connectivity index (χ0v) is 15.6. The maximum atomic E-state index is 12.5. The molecular formula is C21H24N4O2. The number of hydrogen-bond acceptors (Lipinski definition) is 4. The molecule has 6 heteroatoms. The molecule has 1 fully saturated rings. The van der Waals surface area contributed by atoms with Gasteiger partial charge in [-0.05, 0) is 43.7 Å². The van der Waals surface area contributed by atoms with E-state index < -0.39 is 0 Å². The molecule has 0 aliphatic carbocycles. The van der Waals surface area contributed by atoms with Gasteiger partial charge in [0, 0.05) is 30.7 Å². The van der Waals surface area contributed by atoms with Crippen molar-refractivity contribution in [1.82, 2.24) is 14.7 Å². The van der Waals surface area contributed by atoms with Crippen molar-refractivity contribution in [3.8, 4) is 0 Å². The van der Waals surface area contributed by atoms with Crippen LogP contribution in [0.5, 0.6) is 0 Å². The van der Waals surface area contributed by atoms with E-state index in [2.05, 4.69) is 46.4 Å². The second-order valence-electron chi connectivity index (χ2n) is 7.00. The van der Waals surface area contributed by atoms with E-state index in [0.717, 1.165) is 31.0 Å². The third-order valence-corrected chi connectivity index (χ3v) is 5.04. The highest BCUT2D eigenvalue weighted by molar-refractivity contribution is 5.93. The minimum absolute atomic E-state index is 0.0986. The van der Waals surface area contributed by atoms with Crippen LogP contribution in [0.4, 0.5) is 5.69 Å². The lowest BCUT2D eigenvalue weighted by Gasteiger charge is -2.35. The number of benzene rings is 1. The SMILES string of the molecule is CC1COCCN1c1ccc([C@@H](C)NC(=O)c2cn3ccccc3n2)cc1. The van der Waals surface area contributed by atoms with E-state index in [1.807, 2.05) is 35.7 Å². The second kappa shape index (κ2) is 7.40. The number of carbonyl (C=O) groups is 1. The standard InChI is InChI=1S/C21H24N4O2/c1-15-14-27-12-11-25(15)18-8-6-17(7-9-18)16(2)22-21(26)19-13-24-10-4-3-5-20(24)23-19/h3-10,13,15-16H,11-12,14H2,1-2H3,(H,22,26)/t15?,16-/m1/s1. The van der Waals surface area contributed by atoms with Crippen molar-refractivity contribution in [2.45, 2.75) is 25.9 Å². The van der Waals surface area contributed by atoms with E-state index >= 15 is 0 Å². The van der Waals surface area contributed by atoms with Gasteiger partial charge < -0.3 is 19.4 Å². The molecule has 0 radical (unpaired) electrons. The lowest BCUT2D eigenvalue weighted by molar-refractivity contribution is 0.0935. The fraction of sp³-hybridized carbons (Fsp3) is 0.333. The van der Waals surface area contributed by atoms with Crippen molar-refractivity contribution >= 4 is 17.2 Å². The van der Waals surface area contributed by atoms with E-state index in [9.17, 15) is 4.79 Å². The van der Waals surface area contributed by atoms with Crippen molar-refractivity contribution in [3.63, 3.8) is 0 Å². The predicted molar refractivity (Wildman–Crippen MR) is 105 cm³/mol. The van der Waals surface area contributed by atoms with E-state index in [0.29, 0.717) is 11.7 Å². The van der Waals surface area contributed by atoms with E-state index in [1.54, 1.807) is 6.20 Å². The molecule has 1 saturated heterocycles. The molecule has 4 rings (SSSR count). The number of morpholine rings is 1. The highest BCUT2D eigenvalue weighted by atomic mass is 16.5. The van der Waals surface area contributed by atoms with E-state index in [-0.39, 0.29) is 11.9 Å². The van der Waals surface area contributed by atoms with Crippen LogP contribution in [0.3, 0.4) is 0 Å². The van der Waals surface area contributed by atoms with Crippen LogP contribution in [-0.2, 0) is 4.74 Å². The fourth-order valence-electron chi connectivity index (χ4n) is 3.46. The van der Waals surface area contributed by atoms with Gasteiger partial charge in [-0.3, -0.25) is 4.79 Å². The third-order valence-electron chi connectivity index (χ3n) is 5.04. The number of pyridine rings is 1. The lowest BCUT2D eigenvalue weighted by atomic mass is 10.1. The molecule has 1 aromatic carbocycles. The smallest absolute Gasteiger partial charge is 0.271 e. The Morgan fingerprint density at radius 3 is 2.81 bits per heavy atom. The van der Waals surface area contributed by atoms with Gasteiger partial charge in [0.25, 0.3) is 5.91 Å². The molecule has 1 amide bonds. The molecule has 1 N–H and O–H groups in total. The number of imidazole rings is 1. The minimum Gasteiger partial charge on any atom is -0.377 e. The molecule has 2 atom stereocenters. The molecule has 1 aliphatic rings. The summed E-state index contributed by atoms with van der Waals surface area (Å²) >= 11 is 0. The average Bonchev–Trinajstić information content (AvgIpc) is 3.13. The van der Waals surface area contributed by atoms with Gasteiger partial charge >= 0.3 is 0 Å². The molecule has 6 nitrogen and oxygen atoms in total. The minimum atomic E-state index is -0.169. The zero-order valence-electron chi connectivity index (χ0n) is 15.6. The monoisotopic (exact) mass is 364 g/mol. The summed E-state index contributed by atoms with van der Waals surface area (Å²) in [4.78, 5) is 19.3. The van der Waals surface area contributed by atoms with Crippen molar-refractivity contribution in [2.24, 2.45) is 0 Å². The largest absolute Gasteiger partial charge is 0.377 e. The molecule has 0 bridgehead atoms. The Kier molecular flexibility index (Phi) is 4.81. The Labute approximate surface area is 158 Å². The number of hydrogen-bond donors (Lipinski definition) is 1. The van der Waals surface area contributed by atoms with Gasteiger partial charge in [-0.25, -0.2) is 4.98 Å². The van der Waals surface area contributed by atoms with Crippen molar-refractivity contribution in [2.75, 3.05) is 24.7 Å². The summed E-state index contributed by atoms with van der Waals surface area (Å²) in [5.74, 6) is -0.169. The summed E-state index contributed by atoms with van der Waals surface area (Å²) in [6.07, 6.45) is 3.63. The molecule has 1 unspecified atom stereocenters. The molecular weight excluding hydrogens is 340 g/mol. The quantitative estimate of drug-likeness (QED) is 0.773. The van der Waals surface area contributed by atoms with Gasteiger partial charge in [-0.1, -0.05) is 18.2 Å². The zero-order chi connectivity index (χ0) is 18.8. The summed E-state index contributed by atoms with van der Waals surface area (Å²) in [7, 11) is 0. The first-order chi connectivity index (χ1) is 13.1. The first-order valence-corrected chi connectivity index (χ1v) is 9.31. The molecule has 3 heterocycles. The number of ether oxygens (including phenoxy) is 1. The first-order valence-electron chi connectivity index (χ1n) is 9.31. The highest BCUT2D eigenvalue weighted by Crippen LogP contribution is 2.22. The maximum Gasteiger partial charge on any atom is 0.271 e. The van der Waals surface area contributed by atoms with Crippen molar-refractivity contribution in [1.29, 1.82) is 0 Å². The van der Waals surface area contributed by atoms with Crippen LogP contribution >= 0.6 is 0 Å². The molecule has 0 saturated carbocycles. The number of anilines is 1. The molecule has 1 aliphatic heterocycles. The van der Waals surface area contributed by atoms with Crippen LogP contribution in [0, 0.1) is 0 Å².